The standard InChI is InChI=1S/C18H36N4O.HI/c1-15(2)22-9-5-6-17(13-22)12-20-18(19-3)21(4)10-11-23-14-16-7-8-16;/h15-17H,5-14H2,1-4H3,(H,19,20);1H. The zero-order valence-electron chi connectivity index (χ0n) is 16.0. The van der Waals surface area contributed by atoms with E-state index < -0.39 is 0 Å². The van der Waals surface area contributed by atoms with Gasteiger partial charge in [-0.25, -0.2) is 0 Å². The molecule has 0 aromatic carbocycles. The first-order valence-corrected chi connectivity index (χ1v) is 9.33. The van der Waals surface area contributed by atoms with Gasteiger partial charge in [0, 0.05) is 46.4 Å². The van der Waals surface area contributed by atoms with Gasteiger partial charge in [-0.15, -0.1) is 24.0 Å². The molecule has 1 saturated carbocycles. The molecule has 1 saturated heterocycles. The summed E-state index contributed by atoms with van der Waals surface area (Å²) in [4.78, 5) is 9.18. The van der Waals surface area contributed by atoms with Gasteiger partial charge in [-0.1, -0.05) is 0 Å². The van der Waals surface area contributed by atoms with Gasteiger partial charge in [-0.2, -0.15) is 0 Å². The maximum Gasteiger partial charge on any atom is 0.193 e. The Kier molecular flexibility index (Phi) is 10.5. The molecule has 5 nitrogen and oxygen atoms in total. The number of hydrogen-bond acceptors (Lipinski definition) is 3. The first-order valence-electron chi connectivity index (χ1n) is 9.33. The first kappa shape index (κ1) is 22.0. The van der Waals surface area contributed by atoms with E-state index in [2.05, 4.69) is 41.0 Å². The Morgan fingerprint density at radius 3 is 2.67 bits per heavy atom. The molecule has 1 unspecified atom stereocenters. The molecule has 1 atom stereocenters. The average molecular weight is 452 g/mol. The van der Waals surface area contributed by atoms with Crippen molar-refractivity contribution in [2.45, 2.75) is 45.6 Å². The van der Waals surface area contributed by atoms with Crippen LogP contribution in [0.5, 0.6) is 0 Å². The zero-order chi connectivity index (χ0) is 16.7. The smallest absolute Gasteiger partial charge is 0.193 e. The highest BCUT2D eigenvalue weighted by molar-refractivity contribution is 14.0. The molecule has 2 fully saturated rings. The molecule has 142 valence electrons. The molecular weight excluding hydrogens is 415 g/mol. The third kappa shape index (κ3) is 7.87. The van der Waals surface area contributed by atoms with Crippen LogP contribution in [-0.4, -0.2) is 75.3 Å². The van der Waals surface area contributed by atoms with Gasteiger partial charge in [0.1, 0.15) is 0 Å². The van der Waals surface area contributed by atoms with Crippen LogP contribution >= 0.6 is 24.0 Å². The minimum absolute atomic E-state index is 0. The van der Waals surface area contributed by atoms with Crippen molar-refractivity contribution < 1.29 is 4.74 Å². The summed E-state index contributed by atoms with van der Waals surface area (Å²) in [6.07, 6.45) is 5.34. The summed E-state index contributed by atoms with van der Waals surface area (Å²) < 4.78 is 5.73. The van der Waals surface area contributed by atoms with Crippen molar-refractivity contribution in [2.24, 2.45) is 16.8 Å². The number of hydrogen-bond donors (Lipinski definition) is 1. The predicted octanol–water partition coefficient (Wildman–Crippen LogP) is 2.66. The van der Waals surface area contributed by atoms with Crippen LogP contribution in [0.2, 0.25) is 0 Å². The Labute approximate surface area is 165 Å². The van der Waals surface area contributed by atoms with Crippen molar-refractivity contribution >= 4 is 29.9 Å². The molecule has 1 heterocycles. The fraction of sp³-hybridized carbons (Fsp3) is 0.944. The fourth-order valence-electron chi connectivity index (χ4n) is 3.20. The third-order valence-corrected chi connectivity index (χ3v) is 5.02. The minimum Gasteiger partial charge on any atom is -0.379 e. The highest BCUT2D eigenvalue weighted by Gasteiger charge is 2.22. The molecule has 24 heavy (non-hydrogen) atoms. The molecule has 0 bridgehead atoms. The molecule has 6 heteroatoms. The van der Waals surface area contributed by atoms with Crippen LogP contribution in [-0.2, 0) is 4.74 Å². The van der Waals surface area contributed by atoms with Gasteiger partial charge >= 0.3 is 0 Å². The van der Waals surface area contributed by atoms with Gasteiger partial charge in [0.2, 0.25) is 0 Å². The summed E-state index contributed by atoms with van der Waals surface area (Å²) in [6.45, 7) is 10.7. The molecular formula is C18H37IN4O. The lowest BCUT2D eigenvalue weighted by Crippen LogP contribution is -2.47. The summed E-state index contributed by atoms with van der Waals surface area (Å²) in [5.74, 6) is 2.55. The van der Waals surface area contributed by atoms with Crippen LogP contribution in [0.15, 0.2) is 4.99 Å². The van der Waals surface area contributed by atoms with Crippen molar-refractivity contribution in [1.29, 1.82) is 0 Å². The second kappa shape index (κ2) is 11.5. The van der Waals surface area contributed by atoms with E-state index >= 15 is 0 Å². The number of halogens is 1. The number of rotatable bonds is 8. The van der Waals surface area contributed by atoms with E-state index in [9.17, 15) is 0 Å². The average Bonchev–Trinajstić information content (AvgIpc) is 3.36. The number of piperidine rings is 1. The number of nitrogens with zero attached hydrogens (tertiary/aromatic N) is 3. The number of guanidine groups is 1. The van der Waals surface area contributed by atoms with E-state index in [0.717, 1.165) is 44.1 Å². The molecule has 1 N–H and O–H groups in total. The highest BCUT2D eigenvalue weighted by Crippen LogP contribution is 2.28. The Morgan fingerprint density at radius 2 is 2.04 bits per heavy atom. The van der Waals surface area contributed by atoms with Gasteiger partial charge in [-0.05, 0) is 57.9 Å². The lowest BCUT2D eigenvalue weighted by atomic mass is 9.97. The quantitative estimate of drug-likeness (QED) is 0.266. The molecule has 0 radical (unpaired) electrons. The van der Waals surface area contributed by atoms with Gasteiger partial charge in [0.25, 0.3) is 0 Å². The van der Waals surface area contributed by atoms with Crippen molar-refractivity contribution in [3.05, 3.63) is 0 Å². The van der Waals surface area contributed by atoms with Crippen LogP contribution in [0, 0.1) is 11.8 Å². The fourth-order valence-corrected chi connectivity index (χ4v) is 3.20. The van der Waals surface area contributed by atoms with Crippen LogP contribution < -0.4 is 5.32 Å². The number of likely N-dealkylation sites (tertiary alicyclic amines) is 1. The van der Waals surface area contributed by atoms with E-state index in [4.69, 9.17) is 4.74 Å². The van der Waals surface area contributed by atoms with Crippen molar-refractivity contribution in [3.8, 4) is 0 Å². The largest absolute Gasteiger partial charge is 0.379 e. The predicted molar refractivity (Wildman–Crippen MR) is 112 cm³/mol. The lowest BCUT2D eigenvalue weighted by molar-refractivity contribution is 0.114. The summed E-state index contributed by atoms with van der Waals surface area (Å²) in [5, 5.41) is 3.55. The van der Waals surface area contributed by atoms with E-state index in [0.29, 0.717) is 6.04 Å². The van der Waals surface area contributed by atoms with Gasteiger partial charge in [0.15, 0.2) is 5.96 Å². The zero-order valence-corrected chi connectivity index (χ0v) is 18.3. The van der Waals surface area contributed by atoms with Gasteiger partial charge in [-0.3, -0.25) is 4.99 Å². The van der Waals surface area contributed by atoms with Gasteiger partial charge in [0.05, 0.1) is 6.61 Å². The molecule has 2 aliphatic rings. The Hall–Kier alpha value is -0.0800. The summed E-state index contributed by atoms with van der Waals surface area (Å²) in [6, 6.07) is 0.656. The molecule has 0 aromatic rings. The van der Waals surface area contributed by atoms with E-state index in [-0.39, 0.29) is 24.0 Å². The van der Waals surface area contributed by atoms with Crippen molar-refractivity contribution in [2.75, 3.05) is 53.5 Å². The third-order valence-electron chi connectivity index (χ3n) is 5.02. The molecule has 0 amide bonds. The molecule has 2 rings (SSSR count). The van der Waals surface area contributed by atoms with Crippen molar-refractivity contribution in [1.82, 2.24) is 15.1 Å². The monoisotopic (exact) mass is 452 g/mol. The van der Waals surface area contributed by atoms with E-state index in [1.807, 2.05) is 7.05 Å². The molecule has 0 spiro atoms. The number of ether oxygens (including phenoxy) is 1. The number of nitrogens with one attached hydrogen (secondary N) is 1. The van der Waals surface area contributed by atoms with E-state index in [1.54, 1.807) is 0 Å². The van der Waals surface area contributed by atoms with Crippen LogP contribution in [0.25, 0.3) is 0 Å². The SMILES string of the molecule is CN=C(NCC1CCCN(C(C)C)C1)N(C)CCOCC1CC1.I. The normalized spacial score (nSPS) is 22.4. The molecule has 1 aliphatic heterocycles. The lowest BCUT2D eigenvalue weighted by Gasteiger charge is -2.36. The Morgan fingerprint density at radius 1 is 1.29 bits per heavy atom. The number of likely N-dealkylation sites (N-methyl/N-ethyl adjacent to an activating group) is 1. The molecule has 0 aromatic heterocycles. The van der Waals surface area contributed by atoms with Crippen molar-refractivity contribution in [3.63, 3.8) is 0 Å². The van der Waals surface area contributed by atoms with Crippen LogP contribution in [0.3, 0.4) is 0 Å². The second-order valence-corrected chi connectivity index (χ2v) is 7.46. The Bertz CT molecular complexity index is 374. The Balaban J connectivity index is 0.00000288. The summed E-state index contributed by atoms with van der Waals surface area (Å²) in [7, 11) is 3.96. The summed E-state index contributed by atoms with van der Waals surface area (Å²) >= 11 is 0. The van der Waals surface area contributed by atoms with Crippen LogP contribution in [0.4, 0.5) is 0 Å². The molecule has 1 aliphatic carbocycles. The van der Waals surface area contributed by atoms with E-state index in [1.165, 1.54) is 38.8 Å². The maximum atomic E-state index is 5.73. The minimum atomic E-state index is 0. The summed E-state index contributed by atoms with van der Waals surface area (Å²) in [5.41, 5.74) is 0. The number of aliphatic imine (C=N–C) groups is 1. The topological polar surface area (TPSA) is 40.1 Å². The first-order chi connectivity index (χ1) is 11.1. The second-order valence-electron chi connectivity index (χ2n) is 7.46. The highest BCUT2D eigenvalue weighted by atomic mass is 127. The van der Waals surface area contributed by atoms with Gasteiger partial charge < -0.3 is 19.9 Å². The maximum absolute atomic E-state index is 5.73. The van der Waals surface area contributed by atoms with Crippen LogP contribution in [0.1, 0.15) is 39.5 Å².